The van der Waals surface area contributed by atoms with Crippen LogP contribution in [0.15, 0.2) is 18.2 Å². The van der Waals surface area contributed by atoms with Crippen LogP contribution < -0.4 is 9.64 Å². The molecule has 0 heterocycles. The first kappa shape index (κ1) is 20.9. The Kier molecular flexibility index (Phi) is 7.82. The Morgan fingerprint density at radius 2 is 1.68 bits per heavy atom. The average molecular weight is 384 g/mol. The molecular formula is C15H17ClF3NO5. The van der Waals surface area contributed by atoms with E-state index in [2.05, 4.69) is 0 Å². The van der Waals surface area contributed by atoms with E-state index < -0.39 is 23.7 Å². The molecule has 1 rings (SSSR count). The van der Waals surface area contributed by atoms with Crippen LogP contribution in [0.4, 0.5) is 18.9 Å². The van der Waals surface area contributed by atoms with Crippen molar-refractivity contribution in [2.45, 2.75) is 19.0 Å². The summed E-state index contributed by atoms with van der Waals surface area (Å²) in [5, 5.41) is 17.6. The lowest BCUT2D eigenvalue weighted by Gasteiger charge is -2.26. The lowest BCUT2D eigenvalue weighted by Crippen LogP contribution is -2.29. The molecule has 0 aromatic heterocycles. The summed E-state index contributed by atoms with van der Waals surface area (Å²) in [4.78, 5) is 22.8. The summed E-state index contributed by atoms with van der Waals surface area (Å²) in [6.45, 7) is -0.298. The van der Waals surface area contributed by atoms with Crippen LogP contribution in [-0.2, 0) is 15.8 Å². The van der Waals surface area contributed by atoms with E-state index in [9.17, 15) is 22.8 Å². The summed E-state index contributed by atoms with van der Waals surface area (Å²) in [5.41, 5.74) is -0.973. The number of anilines is 1. The van der Waals surface area contributed by atoms with Crippen LogP contribution in [0.25, 0.3) is 0 Å². The maximum absolute atomic E-state index is 13.0. The molecule has 0 radical (unpaired) electrons. The molecule has 1 aromatic rings. The fourth-order valence-corrected chi connectivity index (χ4v) is 2.10. The Bertz CT molecular complexity index is 591. The van der Waals surface area contributed by atoms with Gasteiger partial charge in [-0.05, 0) is 18.2 Å². The molecule has 6 nitrogen and oxygen atoms in total. The highest BCUT2D eigenvalue weighted by Crippen LogP contribution is 2.37. The van der Waals surface area contributed by atoms with Crippen molar-refractivity contribution in [1.82, 2.24) is 0 Å². The molecule has 2 N–H and O–H groups in total. The van der Waals surface area contributed by atoms with E-state index in [1.54, 1.807) is 0 Å². The van der Waals surface area contributed by atoms with Crippen molar-refractivity contribution in [3.8, 4) is 5.75 Å². The highest BCUT2D eigenvalue weighted by Gasteiger charge is 2.32. The topological polar surface area (TPSA) is 87.1 Å². The van der Waals surface area contributed by atoms with Crippen LogP contribution in [0.3, 0.4) is 0 Å². The monoisotopic (exact) mass is 383 g/mol. The summed E-state index contributed by atoms with van der Waals surface area (Å²) in [5.74, 6) is -2.14. The Morgan fingerprint density at radius 3 is 2.12 bits per heavy atom. The third-order valence-corrected chi connectivity index (χ3v) is 3.31. The maximum atomic E-state index is 13.0. The molecule has 0 fully saturated rings. The normalized spacial score (nSPS) is 11.2. The molecule has 1 aromatic carbocycles. The number of carboxylic acid groups (broad SMARTS) is 2. The van der Waals surface area contributed by atoms with Crippen molar-refractivity contribution in [3.05, 3.63) is 23.8 Å². The number of carboxylic acids is 2. The van der Waals surface area contributed by atoms with Crippen LogP contribution in [0.1, 0.15) is 18.4 Å². The number of nitrogens with zero attached hydrogens (tertiary/aromatic N) is 1. The van der Waals surface area contributed by atoms with Crippen molar-refractivity contribution in [2.75, 3.05) is 30.5 Å². The number of benzene rings is 1. The summed E-state index contributed by atoms with van der Waals surface area (Å²) in [6.07, 6.45) is -5.35. The van der Waals surface area contributed by atoms with Crippen molar-refractivity contribution in [2.24, 2.45) is 0 Å². The number of rotatable bonds is 10. The van der Waals surface area contributed by atoms with Gasteiger partial charge in [0.2, 0.25) is 0 Å². The molecule has 25 heavy (non-hydrogen) atoms. The van der Waals surface area contributed by atoms with Crippen LogP contribution in [0, 0.1) is 0 Å². The van der Waals surface area contributed by atoms with E-state index in [4.69, 9.17) is 26.6 Å². The standard InChI is InChI=1S/C15H17ClF3NO5/c16-5-8-25-12-2-1-10(15(17,18)19)9-11(12)20(6-3-13(21)22)7-4-14(23)24/h1-2,9H,3-8H2,(H,21,22)(H,23,24). The molecule has 10 heteroatoms. The second-order valence-electron chi connectivity index (χ2n) is 4.99. The van der Waals surface area contributed by atoms with Crippen molar-refractivity contribution < 1.29 is 37.7 Å². The molecule has 0 saturated heterocycles. The summed E-state index contributed by atoms with van der Waals surface area (Å²) < 4.78 is 44.2. The number of ether oxygens (including phenoxy) is 1. The van der Waals surface area contributed by atoms with Gasteiger partial charge in [-0.25, -0.2) is 0 Å². The van der Waals surface area contributed by atoms with E-state index >= 15 is 0 Å². The second-order valence-corrected chi connectivity index (χ2v) is 5.37. The largest absolute Gasteiger partial charge is 0.490 e. The summed E-state index contributed by atoms with van der Waals surface area (Å²) in [7, 11) is 0. The molecule has 0 atom stereocenters. The van der Waals surface area contributed by atoms with Crippen LogP contribution in [0.5, 0.6) is 5.75 Å². The number of hydrogen-bond acceptors (Lipinski definition) is 4. The predicted molar refractivity (Wildman–Crippen MR) is 84.4 cm³/mol. The molecule has 140 valence electrons. The first-order valence-corrected chi connectivity index (χ1v) is 7.77. The van der Waals surface area contributed by atoms with Gasteiger partial charge < -0.3 is 19.8 Å². The molecule has 0 saturated carbocycles. The van der Waals surface area contributed by atoms with Gasteiger partial charge in [-0.3, -0.25) is 9.59 Å². The molecule has 0 spiro atoms. The first-order chi connectivity index (χ1) is 11.6. The Balaban J connectivity index is 3.23. The smallest absolute Gasteiger partial charge is 0.416 e. The van der Waals surface area contributed by atoms with E-state index in [-0.39, 0.29) is 49.9 Å². The molecule has 0 bridgehead atoms. The third-order valence-electron chi connectivity index (χ3n) is 3.15. The fraction of sp³-hybridized carbons (Fsp3) is 0.467. The average Bonchev–Trinajstić information content (AvgIpc) is 2.51. The summed E-state index contributed by atoms with van der Waals surface area (Å²) >= 11 is 5.52. The SMILES string of the molecule is O=C(O)CCN(CCC(=O)O)c1cc(C(F)(F)F)ccc1OCCCl. The lowest BCUT2D eigenvalue weighted by molar-refractivity contribution is -0.138. The van der Waals surface area contributed by atoms with Gasteiger partial charge in [0.05, 0.1) is 30.0 Å². The van der Waals surface area contributed by atoms with Gasteiger partial charge in [0.15, 0.2) is 0 Å². The van der Waals surface area contributed by atoms with Gasteiger partial charge in [-0.15, -0.1) is 11.6 Å². The zero-order valence-electron chi connectivity index (χ0n) is 13.1. The zero-order valence-corrected chi connectivity index (χ0v) is 13.8. The highest BCUT2D eigenvalue weighted by atomic mass is 35.5. The van der Waals surface area contributed by atoms with E-state index in [0.29, 0.717) is 0 Å². The molecule has 0 aliphatic heterocycles. The number of hydrogen-bond donors (Lipinski definition) is 2. The van der Waals surface area contributed by atoms with Crippen molar-refractivity contribution >= 4 is 29.2 Å². The van der Waals surface area contributed by atoms with Gasteiger partial charge in [0.1, 0.15) is 12.4 Å². The number of aliphatic carboxylic acids is 2. The molecule has 0 unspecified atom stereocenters. The Labute approximate surface area is 146 Å². The zero-order chi connectivity index (χ0) is 19.0. The van der Waals surface area contributed by atoms with E-state index in [1.807, 2.05) is 0 Å². The molecule has 0 aliphatic rings. The van der Waals surface area contributed by atoms with E-state index in [0.717, 1.165) is 18.2 Å². The van der Waals surface area contributed by atoms with Crippen LogP contribution >= 0.6 is 11.6 Å². The molecular weight excluding hydrogens is 367 g/mol. The van der Waals surface area contributed by atoms with Crippen molar-refractivity contribution in [3.63, 3.8) is 0 Å². The Morgan fingerprint density at radius 1 is 1.12 bits per heavy atom. The van der Waals surface area contributed by atoms with Gasteiger partial charge in [0, 0.05) is 13.1 Å². The third kappa shape index (κ3) is 7.08. The lowest BCUT2D eigenvalue weighted by atomic mass is 10.1. The molecule has 0 amide bonds. The Hall–Kier alpha value is -2.16. The number of halogens is 4. The fourth-order valence-electron chi connectivity index (χ4n) is 2.03. The minimum Gasteiger partial charge on any atom is -0.490 e. The summed E-state index contributed by atoms with van der Waals surface area (Å²) in [6, 6.07) is 2.76. The van der Waals surface area contributed by atoms with Gasteiger partial charge in [0.25, 0.3) is 0 Å². The predicted octanol–water partition coefficient (Wildman–Crippen LogP) is 3.08. The molecule has 0 aliphatic carbocycles. The quantitative estimate of drug-likeness (QED) is 0.604. The second kappa shape index (κ2) is 9.36. The highest BCUT2D eigenvalue weighted by molar-refractivity contribution is 6.18. The van der Waals surface area contributed by atoms with Gasteiger partial charge >= 0.3 is 18.1 Å². The van der Waals surface area contributed by atoms with Crippen LogP contribution in [0.2, 0.25) is 0 Å². The maximum Gasteiger partial charge on any atom is 0.416 e. The minimum atomic E-state index is -4.61. The number of carbonyl (C=O) groups is 2. The van der Waals surface area contributed by atoms with Gasteiger partial charge in [-0.2, -0.15) is 13.2 Å². The minimum absolute atomic E-state index is 0.0255. The first-order valence-electron chi connectivity index (χ1n) is 7.23. The number of alkyl halides is 4. The van der Waals surface area contributed by atoms with E-state index in [1.165, 1.54) is 4.90 Å². The van der Waals surface area contributed by atoms with Gasteiger partial charge in [-0.1, -0.05) is 0 Å². The van der Waals surface area contributed by atoms with Crippen LogP contribution in [-0.4, -0.2) is 47.7 Å². The van der Waals surface area contributed by atoms with Crippen molar-refractivity contribution in [1.29, 1.82) is 0 Å².